The van der Waals surface area contributed by atoms with Gasteiger partial charge in [0, 0.05) is 19.1 Å². The van der Waals surface area contributed by atoms with E-state index in [0.717, 1.165) is 25.7 Å². The van der Waals surface area contributed by atoms with Crippen molar-refractivity contribution in [2.45, 2.75) is 71.9 Å². The van der Waals surface area contributed by atoms with Crippen molar-refractivity contribution in [2.24, 2.45) is 5.92 Å². The number of amides is 2. The van der Waals surface area contributed by atoms with E-state index in [1.807, 2.05) is 13.8 Å². The molecule has 2 amide bonds. The van der Waals surface area contributed by atoms with E-state index >= 15 is 0 Å². The highest BCUT2D eigenvalue weighted by Crippen LogP contribution is 2.25. The summed E-state index contributed by atoms with van der Waals surface area (Å²) in [4.78, 5) is 12.3. The highest BCUT2D eigenvalue weighted by atomic mass is 16.5. The Morgan fingerprint density at radius 1 is 1.35 bits per heavy atom. The van der Waals surface area contributed by atoms with Crippen molar-refractivity contribution in [1.29, 1.82) is 0 Å². The Morgan fingerprint density at radius 3 is 2.74 bits per heavy atom. The van der Waals surface area contributed by atoms with Crippen LogP contribution in [0.5, 0.6) is 0 Å². The minimum Gasteiger partial charge on any atom is -0.378 e. The number of carbonyl (C=O) groups excluding carboxylic acids is 1. The summed E-state index contributed by atoms with van der Waals surface area (Å²) in [6, 6.07) is -0.0409. The van der Waals surface area contributed by atoms with E-state index in [9.17, 15) is 4.79 Å². The number of urea groups is 1. The van der Waals surface area contributed by atoms with Crippen molar-refractivity contribution >= 4 is 11.7 Å². The molecule has 1 fully saturated rings. The minimum atomic E-state index is -0.193. The number of aromatic nitrogens is 1. The molecule has 2 rings (SSSR count). The minimum absolute atomic E-state index is 0.152. The van der Waals surface area contributed by atoms with Crippen molar-refractivity contribution in [3.63, 3.8) is 0 Å². The van der Waals surface area contributed by atoms with Gasteiger partial charge in [-0.2, -0.15) is 0 Å². The fourth-order valence-corrected chi connectivity index (χ4v) is 3.26. The van der Waals surface area contributed by atoms with Crippen LogP contribution >= 0.6 is 0 Å². The summed E-state index contributed by atoms with van der Waals surface area (Å²) in [6.45, 7) is 8.90. The number of anilines is 1. The predicted molar refractivity (Wildman–Crippen MR) is 89.6 cm³/mol. The maximum Gasteiger partial charge on any atom is 0.319 e. The molecule has 1 aliphatic rings. The molecule has 6 nitrogen and oxygen atoms in total. The molecule has 0 aliphatic carbocycles. The van der Waals surface area contributed by atoms with E-state index in [-0.39, 0.29) is 18.2 Å². The van der Waals surface area contributed by atoms with Gasteiger partial charge in [0.25, 0.3) is 0 Å². The van der Waals surface area contributed by atoms with Crippen LogP contribution in [0.1, 0.15) is 57.9 Å². The average Bonchev–Trinajstić information content (AvgIpc) is 2.89. The molecule has 0 spiro atoms. The molecule has 0 aromatic carbocycles. The number of hydrogen-bond acceptors (Lipinski definition) is 4. The Kier molecular flexibility index (Phi) is 6.45. The topological polar surface area (TPSA) is 76.4 Å². The highest BCUT2D eigenvalue weighted by molar-refractivity contribution is 5.90. The summed E-state index contributed by atoms with van der Waals surface area (Å²) in [5.74, 6) is 1.27. The van der Waals surface area contributed by atoms with E-state index in [4.69, 9.17) is 9.26 Å². The Hall–Kier alpha value is -1.56. The van der Waals surface area contributed by atoms with Gasteiger partial charge in [-0.3, -0.25) is 0 Å². The van der Waals surface area contributed by atoms with Crippen molar-refractivity contribution < 1.29 is 14.1 Å². The molecule has 6 heteroatoms. The number of nitrogens with one attached hydrogen (secondary N) is 2. The second kappa shape index (κ2) is 8.34. The van der Waals surface area contributed by atoms with Gasteiger partial charge in [-0.15, -0.1) is 0 Å². The first-order chi connectivity index (χ1) is 11.1. The van der Waals surface area contributed by atoms with Gasteiger partial charge in [0.15, 0.2) is 5.76 Å². The molecule has 2 N–H and O–H groups in total. The first kappa shape index (κ1) is 17.8. The van der Waals surface area contributed by atoms with Gasteiger partial charge in [-0.1, -0.05) is 38.8 Å². The third kappa shape index (κ3) is 4.47. The van der Waals surface area contributed by atoms with Gasteiger partial charge in [0.1, 0.15) is 11.4 Å². The number of aryl methyl sites for hydroxylation is 2. The Bertz CT molecular complexity index is 511. The quantitative estimate of drug-likeness (QED) is 0.838. The maximum atomic E-state index is 12.3. The number of nitrogens with zero attached hydrogens (tertiary/aromatic N) is 1. The second-order valence-corrected chi connectivity index (χ2v) is 6.23. The third-order valence-corrected chi connectivity index (χ3v) is 4.72. The van der Waals surface area contributed by atoms with Gasteiger partial charge < -0.3 is 19.9 Å². The molecule has 1 aromatic rings. The zero-order valence-corrected chi connectivity index (χ0v) is 14.6. The largest absolute Gasteiger partial charge is 0.378 e. The lowest BCUT2D eigenvalue weighted by atomic mass is 9.89. The van der Waals surface area contributed by atoms with E-state index in [0.29, 0.717) is 36.1 Å². The third-order valence-electron chi connectivity index (χ3n) is 4.72. The zero-order chi connectivity index (χ0) is 16.8. The van der Waals surface area contributed by atoms with E-state index in [1.165, 1.54) is 0 Å². The molecular weight excluding hydrogens is 294 g/mol. The van der Waals surface area contributed by atoms with Crippen LogP contribution in [0.2, 0.25) is 0 Å². The lowest BCUT2D eigenvalue weighted by Gasteiger charge is -2.34. The summed E-state index contributed by atoms with van der Waals surface area (Å²) >= 11 is 0. The van der Waals surface area contributed by atoms with Crippen molar-refractivity contribution in [3.8, 4) is 0 Å². The smallest absolute Gasteiger partial charge is 0.319 e. The van der Waals surface area contributed by atoms with E-state index in [2.05, 4.69) is 29.6 Å². The highest BCUT2D eigenvalue weighted by Gasteiger charge is 2.28. The van der Waals surface area contributed by atoms with Gasteiger partial charge >= 0.3 is 6.03 Å². The standard InChI is InChI=1S/C17H29N3O3/c1-5-12(6-2)15-10-13(8-9-22-15)18-17(21)19-16-11(4)20-23-14(16)7-3/h12-13,15H,5-10H2,1-4H3,(H2,18,19,21)/t13-,15+/m0/s1. The lowest BCUT2D eigenvalue weighted by molar-refractivity contribution is -0.0329. The molecule has 1 aliphatic heterocycles. The van der Waals surface area contributed by atoms with Crippen molar-refractivity contribution in [1.82, 2.24) is 10.5 Å². The van der Waals surface area contributed by atoms with Crippen LogP contribution in [-0.4, -0.2) is 29.9 Å². The predicted octanol–water partition coefficient (Wildman–Crippen LogP) is 3.65. The fraction of sp³-hybridized carbons (Fsp3) is 0.765. The Balaban J connectivity index is 1.91. The van der Waals surface area contributed by atoms with E-state index in [1.54, 1.807) is 0 Å². The van der Waals surface area contributed by atoms with Gasteiger partial charge in [0.05, 0.1) is 6.10 Å². The van der Waals surface area contributed by atoms with Gasteiger partial charge in [-0.25, -0.2) is 4.79 Å². The number of rotatable bonds is 6. The summed E-state index contributed by atoms with van der Waals surface area (Å²) in [5, 5.41) is 9.86. The number of carbonyl (C=O) groups is 1. The second-order valence-electron chi connectivity index (χ2n) is 6.23. The molecule has 130 valence electrons. The zero-order valence-electron chi connectivity index (χ0n) is 14.6. The molecule has 0 saturated carbocycles. The first-order valence-corrected chi connectivity index (χ1v) is 8.73. The first-order valence-electron chi connectivity index (χ1n) is 8.73. The molecule has 2 atom stereocenters. The van der Waals surface area contributed by atoms with E-state index < -0.39 is 0 Å². The normalized spacial score (nSPS) is 21.4. The molecule has 2 heterocycles. The van der Waals surface area contributed by atoms with Crippen LogP contribution in [0.4, 0.5) is 10.5 Å². The lowest BCUT2D eigenvalue weighted by Crippen LogP contribution is -2.45. The summed E-state index contributed by atoms with van der Waals surface area (Å²) in [7, 11) is 0. The van der Waals surface area contributed by atoms with Crippen molar-refractivity contribution in [3.05, 3.63) is 11.5 Å². The molecule has 0 bridgehead atoms. The summed E-state index contributed by atoms with van der Waals surface area (Å²) in [5.41, 5.74) is 1.40. The summed E-state index contributed by atoms with van der Waals surface area (Å²) < 4.78 is 11.1. The van der Waals surface area contributed by atoms with Crippen LogP contribution in [-0.2, 0) is 11.2 Å². The number of hydrogen-bond donors (Lipinski definition) is 2. The van der Waals surface area contributed by atoms with Gasteiger partial charge in [0.2, 0.25) is 0 Å². The molecule has 1 aromatic heterocycles. The fourth-order valence-electron chi connectivity index (χ4n) is 3.26. The Labute approximate surface area is 138 Å². The van der Waals surface area contributed by atoms with Gasteiger partial charge in [-0.05, 0) is 25.7 Å². The van der Waals surface area contributed by atoms with Crippen LogP contribution < -0.4 is 10.6 Å². The van der Waals surface area contributed by atoms with Crippen molar-refractivity contribution in [2.75, 3.05) is 11.9 Å². The Morgan fingerprint density at radius 2 is 2.09 bits per heavy atom. The molecule has 0 radical (unpaired) electrons. The van der Waals surface area contributed by atoms with Crippen LogP contribution in [0.25, 0.3) is 0 Å². The number of ether oxygens (including phenoxy) is 1. The maximum absolute atomic E-state index is 12.3. The average molecular weight is 323 g/mol. The van der Waals surface area contributed by atoms with Crippen LogP contribution in [0, 0.1) is 12.8 Å². The monoisotopic (exact) mass is 323 g/mol. The summed E-state index contributed by atoms with van der Waals surface area (Å²) in [6.07, 6.45) is 4.90. The van der Waals surface area contributed by atoms with Crippen LogP contribution in [0.15, 0.2) is 4.52 Å². The SMILES string of the molecule is CCc1onc(C)c1NC(=O)N[C@H]1CCO[C@@H](C(CC)CC)C1. The molecule has 23 heavy (non-hydrogen) atoms. The molecule has 1 saturated heterocycles. The van der Waals surface area contributed by atoms with Crippen LogP contribution in [0.3, 0.4) is 0 Å². The molecular formula is C17H29N3O3. The molecule has 0 unspecified atom stereocenters.